The number of hydrogen-bond acceptors (Lipinski definition) is 4. The third kappa shape index (κ3) is 3.28. The van der Waals surface area contributed by atoms with E-state index in [1.165, 1.54) is 5.56 Å². The number of ether oxygens (including phenoxy) is 1. The number of rotatable bonds is 3. The van der Waals surface area contributed by atoms with Crippen LogP contribution in [0.1, 0.15) is 12.5 Å². The summed E-state index contributed by atoms with van der Waals surface area (Å²) >= 11 is 0. The zero-order chi connectivity index (χ0) is 12.1. The van der Waals surface area contributed by atoms with Crippen LogP contribution in [0.15, 0.2) is 35.5 Å². The first-order chi connectivity index (χ1) is 8.29. The minimum absolute atomic E-state index is 0.0857. The average Bonchev–Trinajstić information content (AvgIpc) is 2.39. The molecule has 1 aromatic rings. The molecule has 1 saturated heterocycles. The van der Waals surface area contributed by atoms with Crippen LogP contribution in [0.3, 0.4) is 0 Å². The van der Waals surface area contributed by atoms with Crippen LogP contribution in [0.25, 0.3) is 0 Å². The van der Waals surface area contributed by atoms with Gasteiger partial charge in [-0.25, -0.2) is 0 Å². The first-order valence-electron chi connectivity index (χ1n) is 5.86. The molecule has 1 aliphatic heterocycles. The summed E-state index contributed by atoms with van der Waals surface area (Å²) in [5, 5.41) is 12.0. The van der Waals surface area contributed by atoms with Crippen molar-refractivity contribution in [3.63, 3.8) is 0 Å². The van der Waals surface area contributed by atoms with Gasteiger partial charge in [-0.05, 0) is 12.5 Å². The molecule has 1 fully saturated rings. The molecule has 1 heterocycles. The monoisotopic (exact) mass is 234 g/mol. The standard InChI is InChI=1S/C13H18N2O2/c1-11(14-16)13-10-15(7-8-17-13)9-12-5-3-2-4-6-12/h2-6,13,16H,7-10H2,1H3. The summed E-state index contributed by atoms with van der Waals surface area (Å²) in [6.07, 6.45) is -0.0857. The van der Waals surface area contributed by atoms with Crippen molar-refractivity contribution in [2.75, 3.05) is 19.7 Å². The lowest BCUT2D eigenvalue weighted by Gasteiger charge is -2.32. The summed E-state index contributed by atoms with van der Waals surface area (Å²) < 4.78 is 5.57. The average molecular weight is 234 g/mol. The summed E-state index contributed by atoms with van der Waals surface area (Å²) in [6.45, 7) is 5.09. The Morgan fingerprint density at radius 3 is 2.94 bits per heavy atom. The highest BCUT2D eigenvalue weighted by Gasteiger charge is 2.22. The molecule has 0 aliphatic carbocycles. The molecule has 92 valence electrons. The van der Waals surface area contributed by atoms with Crippen molar-refractivity contribution < 1.29 is 9.94 Å². The van der Waals surface area contributed by atoms with E-state index in [9.17, 15) is 0 Å². The Balaban J connectivity index is 1.94. The summed E-state index contributed by atoms with van der Waals surface area (Å²) in [5.41, 5.74) is 1.94. The van der Waals surface area contributed by atoms with Crippen LogP contribution < -0.4 is 0 Å². The second-order valence-electron chi connectivity index (χ2n) is 4.32. The zero-order valence-corrected chi connectivity index (χ0v) is 10.0. The maximum atomic E-state index is 8.75. The lowest BCUT2D eigenvalue weighted by molar-refractivity contribution is 0.00175. The topological polar surface area (TPSA) is 45.1 Å². The van der Waals surface area contributed by atoms with E-state index in [0.29, 0.717) is 12.3 Å². The van der Waals surface area contributed by atoms with E-state index < -0.39 is 0 Å². The van der Waals surface area contributed by atoms with Gasteiger partial charge in [-0.2, -0.15) is 0 Å². The summed E-state index contributed by atoms with van der Waals surface area (Å²) in [7, 11) is 0. The molecule has 1 unspecified atom stereocenters. The summed E-state index contributed by atoms with van der Waals surface area (Å²) in [6, 6.07) is 10.4. The minimum Gasteiger partial charge on any atom is -0.411 e. The van der Waals surface area contributed by atoms with Gasteiger partial charge in [0, 0.05) is 19.6 Å². The van der Waals surface area contributed by atoms with Crippen molar-refractivity contribution in [2.45, 2.75) is 19.6 Å². The van der Waals surface area contributed by atoms with Crippen LogP contribution in [-0.4, -0.2) is 41.6 Å². The van der Waals surface area contributed by atoms with Crippen LogP contribution in [0.2, 0.25) is 0 Å². The maximum absolute atomic E-state index is 8.75. The lowest BCUT2D eigenvalue weighted by atomic mass is 10.1. The van der Waals surface area contributed by atoms with E-state index in [1.807, 2.05) is 18.2 Å². The molecule has 1 aromatic carbocycles. The maximum Gasteiger partial charge on any atom is 0.111 e. The molecule has 0 amide bonds. The van der Waals surface area contributed by atoms with Gasteiger partial charge in [-0.1, -0.05) is 35.5 Å². The summed E-state index contributed by atoms with van der Waals surface area (Å²) in [4.78, 5) is 2.32. The number of hydrogen-bond donors (Lipinski definition) is 1. The molecular formula is C13H18N2O2. The fourth-order valence-electron chi connectivity index (χ4n) is 2.00. The molecule has 1 atom stereocenters. The first kappa shape index (κ1) is 12.1. The molecule has 4 nitrogen and oxygen atoms in total. The Morgan fingerprint density at radius 2 is 2.24 bits per heavy atom. The van der Waals surface area contributed by atoms with Crippen molar-refractivity contribution >= 4 is 5.71 Å². The highest BCUT2D eigenvalue weighted by atomic mass is 16.5. The predicted octanol–water partition coefficient (Wildman–Crippen LogP) is 1.74. The Bertz CT molecular complexity index is 378. The molecule has 1 N–H and O–H groups in total. The summed E-state index contributed by atoms with van der Waals surface area (Å²) in [5.74, 6) is 0. The van der Waals surface area contributed by atoms with Gasteiger partial charge in [0.15, 0.2) is 0 Å². The zero-order valence-electron chi connectivity index (χ0n) is 10.0. The number of oxime groups is 1. The smallest absolute Gasteiger partial charge is 0.111 e. The van der Waals surface area contributed by atoms with Crippen LogP contribution in [0, 0.1) is 0 Å². The van der Waals surface area contributed by atoms with Crippen molar-refractivity contribution in [3.8, 4) is 0 Å². The quantitative estimate of drug-likeness (QED) is 0.492. The van der Waals surface area contributed by atoms with E-state index in [4.69, 9.17) is 9.94 Å². The van der Waals surface area contributed by atoms with Crippen LogP contribution in [0.4, 0.5) is 0 Å². The minimum atomic E-state index is -0.0857. The van der Waals surface area contributed by atoms with Gasteiger partial charge in [0.1, 0.15) is 6.10 Å². The third-order valence-electron chi connectivity index (χ3n) is 3.02. The van der Waals surface area contributed by atoms with Crippen molar-refractivity contribution in [3.05, 3.63) is 35.9 Å². The molecule has 2 rings (SSSR count). The Hall–Kier alpha value is -1.39. The number of nitrogens with zero attached hydrogens (tertiary/aromatic N) is 2. The predicted molar refractivity (Wildman–Crippen MR) is 66.4 cm³/mol. The van der Waals surface area contributed by atoms with Gasteiger partial charge in [0.05, 0.1) is 12.3 Å². The largest absolute Gasteiger partial charge is 0.411 e. The van der Waals surface area contributed by atoms with Crippen LogP contribution in [-0.2, 0) is 11.3 Å². The third-order valence-corrected chi connectivity index (χ3v) is 3.02. The fraction of sp³-hybridized carbons (Fsp3) is 0.462. The number of morpholine rings is 1. The fourth-order valence-corrected chi connectivity index (χ4v) is 2.00. The second-order valence-corrected chi connectivity index (χ2v) is 4.32. The molecule has 17 heavy (non-hydrogen) atoms. The van der Waals surface area contributed by atoms with Gasteiger partial charge in [-0.3, -0.25) is 4.90 Å². The van der Waals surface area contributed by atoms with Crippen LogP contribution in [0.5, 0.6) is 0 Å². The first-order valence-corrected chi connectivity index (χ1v) is 5.86. The van der Waals surface area contributed by atoms with Crippen molar-refractivity contribution in [1.82, 2.24) is 4.90 Å². The van der Waals surface area contributed by atoms with Gasteiger partial charge in [0.2, 0.25) is 0 Å². The van der Waals surface area contributed by atoms with Crippen LogP contribution >= 0.6 is 0 Å². The van der Waals surface area contributed by atoms with E-state index in [0.717, 1.165) is 19.6 Å². The highest BCUT2D eigenvalue weighted by Crippen LogP contribution is 2.11. The Labute approximate surface area is 101 Å². The molecule has 0 aromatic heterocycles. The van der Waals surface area contributed by atoms with E-state index in [2.05, 4.69) is 22.2 Å². The SMILES string of the molecule is CC(=NO)C1CN(Cc2ccccc2)CCO1. The second kappa shape index (κ2) is 5.80. The van der Waals surface area contributed by atoms with E-state index in [1.54, 1.807) is 6.92 Å². The number of benzene rings is 1. The van der Waals surface area contributed by atoms with Gasteiger partial charge < -0.3 is 9.94 Å². The van der Waals surface area contributed by atoms with Gasteiger partial charge in [0.25, 0.3) is 0 Å². The Kier molecular flexibility index (Phi) is 4.12. The normalized spacial score (nSPS) is 22.6. The molecule has 0 saturated carbocycles. The molecule has 0 spiro atoms. The molecule has 4 heteroatoms. The molecule has 0 bridgehead atoms. The highest BCUT2D eigenvalue weighted by molar-refractivity contribution is 5.86. The van der Waals surface area contributed by atoms with E-state index in [-0.39, 0.29) is 6.10 Å². The van der Waals surface area contributed by atoms with E-state index >= 15 is 0 Å². The molecule has 1 aliphatic rings. The molecular weight excluding hydrogens is 216 g/mol. The van der Waals surface area contributed by atoms with Crippen molar-refractivity contribution in [1.29, 1.82) is 0 Å². The Morgan fingerprint density at radius 1 is 1.47 bits per heavy atom. The van der Waals surface area contributed by atoms with Crippen molar-refractivity contribution in [2.24, 2.45) is 5.16 Å². The lowest BCUT2D eigenvalue weighted by Crippen LogP contribution is -2.44. The van der Waals surface area contributed by atoms with Gasteiger partial charge >= 0.3 is 0 Å². The van der Waals surface area contributed by atoms with Gasteiger partial charge in [-0.15, -0.1) is 0 Å². The molecule has 0 radical (unpaired) electrons.